The van der Waals surface area contributed by atoms with Crippen LogP contribution in [0.5, 0.6) is 0 Å². The predicted octanol–water partition coefficient (Wildman–Crippen LogP) is 2.19. The van der Waals surface area contributed by atoms with Crippen LogP contribution in [0.2, 0.25) is 0 Å². The smallest absolute Gasteiger partial charge is 0.222 e. The number of unbranched alkanes of at least 4 members (excludes halogenated alkanes) is 1. The molecule has 1 fully saturated rings. The minimum Gasteiger partial charge on any atom is -0.396 e. The van der Waals surface area contributed by atoms with Gasteiger partial charge < -0.3 is 10.0 Å². The monoisotopic (exact) mass is 227 g/mol. The second-order valence-electron chi connectivity index (χ2n) is 4.95. The number of aliphatic hydroxyl groups is 1. The highest BCUT2D eigenvalue weighted by molar-refractivity contribution is 5.76. The molecular formula is C13H25NO2. The van der Waals surface area contributed by atoms with Gasteiger partial charge in [0.2, 0.25) is 5.91 Å². The molecule has 3 nitrogen and oxygen atoms in total. The molecule has 0 saturated carbocycles. The Labute approximate surface area is 98.8 Å². The van der Waals surface area contributed by atoms with Gasteiger partial charge in [-0.25, -0.2) is 0 Å². The molecule has 0 aromatic rings. The number of hydrogen-bond acceptors (Lipinski definition) is 2. The third-order valence-corrected chi connectivity index (χ3v) is 4.09. The maximum absolute atomic E-state index is 11.9. The van der Waals surface area contributed by atoms with Gasteiger partial charge in [-0.2, -0.15) is 0 Å². The van der Waals surface area contributed by atoms with Crippen molar-refractivity contribution >= 4 is 5.91 Å². The van der Waals surface area contributed by atoms with Crippen LogP contribution in [0.15, 0.2) is 0 Å². The predicted molar refractivity (Wildman–Crippen MR) is 65.1 cm³/mol. The van der Waals surface area contributed by atoms with Gasteiger partial charge >= 0.3 is 0 Å². The van der Waals surface area contributed by atoms with Crippen LogP contribution in [0.1, 0.15) is 52.4 Å². The van der Waals surface area contributed by atoms with E-state index in [1.54, 1.807) is 0 Å². The van der Waals surface area contributed by atoms with E-state index in [1.165, 1.54) is 12.8 Å². The number of carbonyl (C=O) groups is 1. The quantitative estimate of drug-likeness (QED) is 0.707. The molecule has 0 atom stereocenters. The zero-order chi connectivity index (χ0) is 12.0. The Morgan fingerprint density at radius 1 is 1.31 bits per heavy atom. The SMILES string of the molecule is CCC1(CC)CCN(C(=O)CCCCO)C1. The van der Waals surface area contributed by atoms with E-state index in [9.17, 15) is 4.79 Å². The van der Waals surface area contributed by atoms with Gasteiger partial charge in [-0.15, -0.1) is 0 Å². The summed E-state index contributed by atoms with van der Waals surface area (Å²) in [7, 11) is 0. The molecule has 0 unspecified atom stereocenters. The highest BCUT2D eigenvalue weighted by Crippen LogP contribution is 2.37. The molecule has 94 valence electrons. The molecule has 3 heteroatoms. The zero-order valence-corrected chi connectivity index (χ0v) is 10.7. The van der Waals surface area contributed by atoms with Crippen LogP contribution >= 0.6 is 0 Å². The maximum atomic E-state index is 11.9. The average molecular weight is 227 g/mol. The Kier molecular flexibility index (Phi) is 5.26. The maximum Gasteiger partial charge on any atom is 0.222 e. The summed E-state index contributed by atoms with van der Waals surface area (Å²) in [6.07, 6.45) is 5.66. The summed E-state index contributed by atoms with van der Waals surface area (Å²) in [4.78, 5) is 13.9. The molecule has 1 heterocycles. The Hall–Kier alpha value is -0.570. The van der Waals surface area contributed by atoms with Crippen molar-refractivity contribution in [2.24, 2.45) is 5.41 Å². The van der Waals surface area contributed by atoms with Crippen LogP contribution < -0.4 is 0 Å². The van der Waals surface area contributed by atoms with Gasteiger partial charge in [0.05, 0.1) is 0 Å². The lowest BCUT2D eigenvalue weighted by Gasteiger charge is -2.26. The van der Waals surface area contributed by atoms with Gasteiger partial charge in [-0.1, -0.05) is 13.8 Å². The molecule has 0 aliphatic carbocycles. The summed E-state index contributed by atoms with van der Waals surface area (Å²) in [5, 5.41) is 8.68. The molecule has 1 aliphatic heterocycles. The minimum atomic E-state index is 0.196. The Bertz CT molecular complexity index is 224. The number of aliphatic hydroxyl groups excluding tert-OH is 1. The molecule has 0 aromatic heterocycles. The summed E-state index contributed by atoms with van der Waals surface area (Å²) < 4.78 is 0. The van der Waals surface area contributed by atoms with Crippen molar-refractivity contribution in [1.82, 2.24) is 4.90 Å². The summed E-state index contributed by atoms with van der Waals surface area (Å²) in [6, 6.07) is 0. The van der Waals surface area contributed by atoms with Crippen LogP contribution in [0.3, 0.4) is 0 Å². The van der Waals surface area contributed by atoms with Crippen molar-refractivity contribution in [3.8, 4) is 0 Å². The van der Waals surface area contributed by atoms with Crippen molar-refractivity contribution in [2.45, 2.75) is 52.4 Å². The molecule has 0 radical (unpaired) electrons. The van der Waals surface area contributed by atoms with E-state index in [1.807, 2.05) is 4.90 Å². The molecule has 1 N–H and O–H groups in total. The van der Waals surface area contributed by atoms with Crippen LogP contribution in [0.25, 0.3) is 0 Å². The Morgan fingerprint density at radius 3 is 2.50 bits per heavy atom. The van der Waals surface area contributed by atoms with E-state index in [-0.39, 0.29) is 12.5 Å². The lowest BCUT2D eigenvalue weighted by molar-refractivity contribution is -0.130. The molecule has 16 heavy (non-hydrogen) atoms. The second kappa shape index (κ2) is 6.24. The fraction of sp³-hybridized carbons (Fsp3) is 0.923. The average Bonchev–Trinajstić information content (AvgIpc) is 2.74. The summed E-state index contributed by atoms with van der Waals surface area (Å²) in [5.74, 6) is 0.275. The number of nitrogens with zero attached hydrogens (tertiary/aromatic N) is 1. The van der Waals surface area contributed by atoms with Crippen molar-refractivity contribution in [1.29, 1.82) is 0 Å². The molecule has 0 spiro atoms. The second-order valence-corrected chi connectivity index (χ2v) is 4.95. The molecule has 0 aromatic carbocycles. The topological polar surface area (TPSA) is 40.5 Å². The Morgan fingerprint density at radius 2 is 2.00 bits per heavy atom. The lowest BCUT2D eigenvalue weighted by Crippen LogP contribution is -2.31. The number of hydrogen-bond donors (Lipinski definition) is 1. The van der Waals surface area contributed by atoms with Gasteiger partial charge in [0.15, 0.2) is 0 Å². The number of carbonyl (C=O) groups excluding carboxylic acids is 1. The Balaban J connectivity index is 2.37. The largest absolute Gasteiger partial charge is 0.396 e. The molecule has 1 aliphatic rings. The highest BCUT2D eigenvalue weighted by Gasteiger charge is 2.36. The third kappa shape index (κ3) is 3.21. The van der Waals surface area contributed by atoms with Gasteiger partial charge in [-0.3, -0.25) is 4.79 Å². The fourth-order valence-electron chi connectivity index (χ4n) is 2.52. The first-order chi connectivity index (χ1) is 7.67. The first-order valence-corrected chi connectivity index (χ1v) is 6.56. The molecular weight excluding hydrogens is 202 g/mol. The van der Waals surface area contributed by atoms with Crippen molar-refractivity contribution in [3.05, 3.63) is 0 Å². The van der Waals surface area contributed by atoms with Gasteiger partial charge in [-0.05, 0) is 37.5 Å². The number of rotatable bonds is 6. The van der Waals surface area contributed by atoms with E-state index in [0.29, 0.717) is 11.8 Å². The van der Waals surface area contributed by atoms with E-state index in [2.05, 4.69) is 13.8 Å². The van der Waals surface area contributed by atoms with E-state index >= 15 is 0 Å². The van der Waals surface area contributed by atoms with Crippen LogP contribution in [-0.2, 0) is 4.79 Å². The van der Waals surface area contributed by atoms with Crippen molar-refractivity contribution < 1.29 is 9.90 Å². The van der Waals surface area contributed by atoms with Gasteiger partial charge in [0.1, 0.15) is 0 Å². The number of amides is 1. The van der Waals surface area contributed by atoms with Gasteiger partial charge in [0.25, 0.3) is 0 Å². The molecule has 0 bridgehead atoms. The third-order valence-electron chi connectivity index (χ3n) is 4.09. The molecule has 1 amide bonds. The van der Waals surface area contributed by atoms with Crippen molar-refractivity contribution in [2.75, 3.05) is 19.7 Å². The van der Waals surface area contributed by atoms with Crippen LogP contribution in [-0.4, -0.2) is 35.6 Å². The normalized spacial score (nSPS) is 19.1. The summed E-state index contributed by atoms with van der Waals surface area (Å²) >= 11 is 0. The van der Waals surface area contributed by atoms with Crippen LogP contribution in [0, 0.1) is 5.41 Å². The molecule has 1 rings (SSSR count). The summed E-state index contributed by atoms with van der Waals surface area (Å²) in [5.41, 5.74) is 0.382. The van der Waals surface area contributed by atoms with Crippen molar-refractivity contribution in [3.63, 3.8) is 0 Å². The van der Waals surface area contributed by atoms with E-state index < -0.39 is 0 Å². The zero-order valence-electron chi connectivity index (χ0n) is 10.7. The number of likely N-dealkylation sites (tertiary alicyclic amines) is 1. The molecule has 1 saturated heterocycles. The standard InChI is InChI=1S/C13H25NO2/c1-3-13(4-2)8-9-14(11-13)12(16)7-5-6-10-15/h15H,3-11H2,1-2H3. The highest BCUT2D eigenvalue weighted by atomic mass is 16.3. The summed E-state index contributed by atoms with van der Waals surface area (Å²) in [6.45, 7) is 6.52. The fourth-order valence-corrected chi connectivity index (χ4v) is 2.52. The van der Waals surface area contributed by atoms with E-state index in [0.717, 1.165) is 32.4 Å². The lowest BCUT2D eigenvalue weighted by atomic mass is 9.82. The first-order valence-electron chi connectivity index (χ1n) is 6.56. The van der Waals surface area contributed by atoms with Gasteiger partial charge in [0, 0.05) is 26.1 Å². The van der Waals surface area contributed by atoms with E-state index in [4.69, 9.17) is 5.11 Å². The minimum absolute atomic E-state index is 0.196. The van der Waals surface area contributed by atoms with Crippen LogP contribution in [0.4, 0.5) is 0 Å². The first kappa shape index (κ1) is 13.5.